The van der Waals surface area contributed by atoms with E-state index in [2.05, 4.69) is 5.43 Å². The van der Waals surface area contributed by atoms with Gasteiger partial charge in [-0.15, -0.1) is 0 Å². The van der Waals surface area contributed by atoms with E-state index < -0.39 is 11.7 Å². The smallest absolute Gasteiger partial charge is 0.425 e. The molecule has 2 N–H and O–H groups in total. The summed E-state index contributed by atoms with van der Waals surface area (Å²) in [4.78, 5) is 11.6. The predicted octanol–water partition coefficient (Wildman–Crippen LogP) is 0.493. The third kappa shape index (κ3) is 2.85. The summed E-state index contributed by atoms with van der Waals surface area (Å²) < 4.78 is 5.17. The van der Waals surface area contributed by atoms with E-state index in [4.69, 9.17) is 9.84 Å². The Kier molecular flexibility index (Phi) is 3.34. The van der Waals surface area contributed by atoms with E-state index in [1.54, 1.807) is 0 Å². The van der Waals surface area contributed by atoms with Gasteiger partial charge in [0.2, 0.25) is 0 Å². The largest absolute Gasteiger partial charge is 0.443 e. The summed E-state index contributed by atoms with van der Waals surface area (Å²) in [5.74, 6) is 0. The van der Waals surface area contributed by atoms with Crippen molar-refractivity contribution in [3.63, 3.8) is 0 Å². The maximum Gasteiger partial charge on any atom is 0.425 e. The zero-order valence-corrected chi connectivity index (χ0v) is 8.91. The fourth-order valence-corrected chi connectivity index (χ4v) is 1.31. The fraction of sp³-hybridized carbons (Fsp3) is 0.889. The molecule has 0 radical (unpaired) electrons. The van der Waals surface area contributed by atoms with Crippen LogP contribution in [0.1, 0.15) is 27.2 Å². The van der Waals surface area contributed by atoms with Crippen molar-refractivity contribution in [3.8, 4) is 0 Å². The lowest BCUT2D eigenvalue weighted by atomic mass is 10.2. The van der Waals surface area contributed by atoms with E-state index in [0.717, 1.165) is 6.42 Å². The molecule has 0 aromatic heterocycles. The van der Waals surface area contributed by atoms with Crippen molar-refractivity contribution in [3.05, 3.63) is 0 Å². The minimum Gasteiger partial charge on any atom is -0.443 e. The summed E-state index contributed by atoms with van der Waals surface area (Å²) in [6, 6.07) is -0.162. The van der Waals surface area contributed by atoms with Crippen LogP contribution in [0.3, 0.4) is 0 Å². The van der Waals surface area contributed by atoms with Crippen molar-refractivity contribution in [1.29, 1.82) is 0 Å². The van der Waals surface area contributed by atoms with E-state index in [9.17, 15) is 4.79 Å². The highest BCUT2D eigenvalue weighted by Crippen LogP contribution is 2.14. The Bertz CT molecular complexity index is 213. The second-order valence-corrected chi connectivity index (χ2v) is 4.38. The van der Waals surface area contributed by atoms with Crippen molar-refractivity contribution < 1.29 is 14.6 Å². The Morgan fingerprint density at radius 1 is 1.64 bits per heavy atom. The van der Waals surface area contributed by atoms with Gasteiger partial charge >= 0.3 is 6.09 Å². The highest BCUT2D eigenvalue weighted by Gasteiger charge is 2.31. The zero-order valence-electron chi connectivity index (χ0n) is 8.91. The Hall–Kier alpha value is -0.810. The number of aliphatic hydroxyl groups is 1. The van der Waals surface area contributed by atoms with Crippen LogP contribution in [0.25, 0.3) is 0 Å². The molecule has 14 heavy (non-hydrogen) atoms. The van der Waals surface area contributed by atoms with E-state index >= 15 is 0 Å². The zero-order chi connectivity index (χ0) is 10.8. The van der Waals surface area contributed by atoms with Gasteiger partial charge in [0, 0.05) is 6.54 Å². The molecule has 1 fully saturated rings. The molecule has 1 heterocycles. The second-order valence-electron chi connectivity index (χ2n) is 4.38. The highest BCUT2D eigenvalue weighted by molar-refractivity contribution is 5.68. The van der Waals surface area contributed by atoms with Gasteiger partial charge in [-0.3, -0.25) is 0 Å². The quantitative estimate of drug-likeness (QED) is 0.649. The standard InChI is InChI=1S/C9H18N2O3/c1-9(2,3)14-8(13)11-7(6-12)4-5-10-11/h7,10,12H,4-6H2,1-3H3. The van der Waals surface area contributed by atoms with E-state index in [0.29, 0.717) is 6.54 Å². The Morgan fingerprint density at radius 3 is 2.79 bits per heavy atom. The van der Waals surface area contributed by atoms with Crippen LogP contribution in [0.15, 0.2) is 0 Å². The summed E-state index contributed by atoms with van der Waals surface area (Å²) in [6.07, 6.45) is 0.337. The number of amides is 1. The Morgan fingerprint density at radius 2 is 2.29 bits per heavy atom. The molecular weight excluding hydrogens is 184 g/mol. The van der Waals surface area contributed by atoms with Crippen LogP contribution in [-0.4, -0.2) is 41.0 Å². The minimum absolute atomic E-state index is 0.0355. The highest BCUT2D eigenvalue weighted by atomic mass is 16.6. The molecule has 1 rings (SSSR count). The lowest BCUT2D eigenvalue weighted by molar-refractivity contribution is 0.00677. The van der Waals surface area contributed by atoms with Gasteiger partial charge in [-0.25, -0.2) is 15.2 Å². The molecule has 0 spiro atoms. The molecule has 1 aliphatic rings. The topological polar surface area (TPSA) is 61.8 Å². The average Bonchev–Trinajstić information content (AvgIpc) is 2.47. The van der Waals surface area contributed by atoms with E-state index in [-0.39, 0.29) is 12.6 Å². The molecule has 1 saturated heterocycles. The SMILES string of the molecule is CC(C)(C)OC(=O)N1NCCC1CO. The molecule has 1 unspecified atom stereocenters. The van der Waals surface area contributed by atoms with Crippen molar-refractivity contribution >= 4 is 6.09 Å². The number of rotatable bonds is 1. The van der Waals surface area contributed by atoms with Crippen LogP contribution in [0.4, 0.5) is 4.79 Å². The summed E-state index contributed by atoms with van der Waals surface area (Å²) in [5.41, 5.74) is 2.38. The van der Waals surface area contributed by atoms with Crippen LogP contribution in [-0.2, 0) is 4.74 Å². The number of hydrogen-bond donors (Lipinski definition) is 2. The van der Waals surface area contributed by atoms with Gasteiger partial charge in [0.25, 0.3) is 0 Å². The third-order valence-electron chi connectivity index (χ3n) is 1.93. The number of carbonyl (C=O) groups excluding carboxylic acids is 1. The number of aliphatic hydroxyl groups excluding tert-OH is 1. The van der Waals surface area contributed by atoms with Gasteiger partial charge in [0.1, 0.15) is 5.60 Å². The van der Waals surface area contributed by atoms with Gasteiger partial charge < -0.3 is 9.84 Å². The first-order valence-corrected chi connectivity index (χ1v) is 4.80. The summed E-state index contributed by atoms with van der Waals surface area (Å²) in [5, 5.41) is 10.4. The normalized spacial score (nSPS) is 22.6. The lowest BCUT2D eigenvalue weighted by Gasteiger charge is -2.27. The van der Waals surface area contributed by atoms with Gasteiger partial charge in [-0.05, 0) is 27.2 Å². The number of nitrogens with zero attached hydrogens (tertiary/aromatic N) is 1. The first-order chi connectivity index (χ1) is 6.44. The maximum atomic E-state index is 11.6. The van der Waals surface area contributed by atoms with Crippen LogP contribution >= 0.6 is 0 Å². The fourth-order valence-electron chi connectivity index (χ4n) is 1.31. The van der Waals surface area contributed by atoms with Gasteiger partial charge in [-0.1, -0.05) is 0 Å². The first-order valence-electron chi connectivity index (χ1n) is 4.80. The van der Waals surface area contributed by atoms with Crippen LogP contribution in [0, 0.1) is 0 Å². The van der Waals surface area contributed by atoms with Crippen LogP contribution in [0.2, 0.25) is 0 Å². The molecule has 5 nitrogen and oxygen atoms in total. The molecule has 0 aliphatic carbocycles. The van der Waals surface area contributed by atoms with E-state index in [1.807, 2.05) is 20.8 Å². The maximum absolute atomic E-state index is 11.6. The van der Waals surface area contributed by atoms with Gasteiger partial charge in [0.05, 0.1) is 12.6 Å². The first kappa shape index (κ1) is 11.3. The van der Waals surface area contributed by atoms with Gasteiger partial charge in [0.15, 0.2) is 0 Å². The molecule has 82 valence electrons. The van der Waals surface area contributed by atoms with Crippen LogP contribution in [0.5, 0.6) is 0 Å². The molecular formula is C9H18N2O3. The summed E-state index contributed by atoms with van der Waals surface area (Å²) in [7, 11) is 0. The molecule has 5 heteroatoms. The summed E-state index contributed by atoms with van der Waals surface area (Å²) >= 11 is 0. The number of carbonyl (C=O) groups is 1. The monoisotopic (exact) mass is 202 g/mol. The number of nitrogens with one attached hydrogen (secondary N) is 1. The van der Waals surface area contributed by atoms with Crippen LogP contribution < -0.4 is 5.43 Å². The molecule has 0 aromatic carbocycles. The molecule has 1 atom stereocenters. The molecule has 1 amide bonds. The average molecular weight is 202 g/mol. The Balaban J connectivity index is 2.52. The molecule has 0 saturated carbocycles. The van der Waals surface area contributed by atoms with Crippen molar-refractivity contribution in [1.82, 2.24) is 10.4 Å². The third-order valence-corrected chi connectivity index (χ3v) is 1.93. The minimum atomic E-state index is -0.499. The van der Waals surface area contributed by atoms with E-state index in [1.165, 1.54) is 5.01 Å². The number of hydrazine groups is 1. The number of ether oxygens (including phenoxy) is 1. The molecule has 0 bridgehead atoms. The summed E-state index contributed by atoms with van der Waals surface area (Å²) in [6.45, 7) is 6.11. The van der Waals surface area contributed by atoms with Gasteiger partial charge in [-0.2, -0.15) is 0 Å². The lowest BCUT2D eigenvalue weighted by Crippen LogP contribution is -2.46. The predicted molar refractivity (Wildman–Crippen MR) is 51.6 cm³/mol. The van der Waals surface area contributed by atoms with Crippen molar-refractivity contribution in [2.24, 2.45) is 0 Å². The van der Waals surface area contributed by atoms with Crippen molar-refractivity contribution in [2.45, 2.75) is 38.8 Å². The number of hydrogen-bond acceptors (Lipinski definition) is 4. The second kappa shape index (κ2) is 4.14. The van der Waals surface area contributed by atoms with Crippen molar-refractivity contribution in [2.75, 3.05) is 13.2 Å². The molecule has 1 aliphatic heterocycles. The molecule has 0 aromatic rings. The Labute approximate surface area is 84.0 Å².